The maximum atomic E-state index is 13.0. The lowest BCUT2D eigenvalue weighted by Crippen LogP contribution is -2.28. The number of likely N-dealkylation sites (N-methyl/N-ethyl adjacent to an activating group) is 1. The van der Waals surface area contributed by atoms with Gasteiger partial charge in [0.2, 0.25) is 5.91 Å². The lowest BCUT2D eigenvalue weighted by molar-refractivity contribution is -0.137. The van der Waals surface area contributed by atoms with Gasteiger partial charge < -0.3 is 19.7 Å². The Labute approximate surface area is 216 Å². The normalized spacial score (nSPS) is 11.9. The van der Waals surface area contributed by atoms with Crippen molar-refractivity contribution in [2.24, 2.45) is 0 Å². The molecule has 192 valence electrons. The van der Waals surface area contributed by atoms with Crippen LogP contribution in [0.1, 0.15) is 55.5 Å². The van der Waals surface area contributed by atoms with Crippen LogP contribution >= 0.6 is 0 Å². The summed E-state index contributed by atoms with van der Waals surface area (Å²) in [5, 5.41) is 12.3. The van der Waals surface area contributed by atoms with Crippen molar-refractivity contribution in [3.05, 3.63) is 77.1 Å². The summed E-state index contributed by atoms with van der Waals surface area (Å²) in [4.78, 5) is 34.4. The summed E-state index contributed by atoms with van der Waals surface area (Å²) in [5.41, 5.74) is 7.00. The predicted octanol–water partition coefficient (Wildman–Crippen LogP) is 5.87. The average molecular weight is 501 g/mol. The smallest absolute Gasteiger partial charge is 0.304 e. The minimum atomic E-state index is -0.867. The third kappa shape index (κ3) is 5.97. The van der Waals surface area contributed by atoms with Gasteiger partial charge in [0.05, 0.1) is 24.7 Å². The Kier molecular flexibility index (Phi) is 7.86. The van der Waals surface area contributed by atoms with Crippen LogP contribution in [0.5, 0.6) is 0 Å². The van der Waals surface area contributed by atoms with Crippen LogP contribution in [0, 0.1) is 0 Å². The number of hydrogen-bond acceptors (Lipinski definition) is 6. The number of rotatable bonds is 10. The Morgan fingerprint density at radius 1 is 1.11 bits per heavy atom. The first-order valence-corrected chi connectivity index (χ1v) is 12.5. The van der Waals surface area contributed by atoms with E-state index in [4.69, 9.17) is 9.52 Å². The number of aryl methyl sites for hydroxylation is 1. The first-order valence-electron chi connectivity index (χ1n) is 12.5. The Morgan fingerprint density at radius 3 is 2.59 bits per heavy atom. The number of nitrogens with zero attached hydrogens (tertiary/aromatic N) is 3. The second kappa shape index (κ2) is 11.2. The Balaban J connectivity index is 1.45. The number of anilines is 3. The highest BCUT2D eigenvalue weighted by molar-refractivity contribution is 5.94. The number of fused-ring (bicyclic) bond motifs is 1. The highest BCUT2D eigenvalue weighted by Gasteiger charge is 2.16. The van der Waals surface area contributed by atoms with Crippen molar-refractivity contribution < 1.29 is 19.1 Å². The zero-order valence-corrected chi connectivity index (χ0v) is 21.6. The van der Waals surface area contributed by atoms with Gasteiger partial charge in [0.1, 0.15) is 5.52 Å². The summed E-state index contributed by atoms with van der Waals surface area (Å²) in [7, 11) is 1.70. The van der Waals surface area contributed by atoms with Gasteiger partial charge in [0.25, 0.3) is 6.01 Å². The number of benzene rings is 2. The molecule has 0 fully saturated rings. The molecule has 0 radical (unpaired) electrons. The molecule has 2 N–H and O–H groups in total. The van der Waals surface area contributed by atoms with Gasteiger partial charge in [0, 0.05) is 24.3 Å². The number of carboxylic acids is 1. The van der Waals surface area contributed by atoms with Crippen molar-refractivity contribution in [2.75, 3.05) is 17.3 Å². The van der Waals surface area contributed by atoms with Crippen molar-refractivity contribution in [3.8, 4) is 0 Å². The molecule has 1 amide bonds. The number of aromatic nitrogens is 2. The molecule has 0 saturated carbocycles. The Morgan fingerprint density at radius 2 is 1.92 bits per heavy atom. The predicted molar refractivity (Wildman–Crippen MR) is 145 cm³/mol. The van der Waals surface area contributed by atoms with E-state index in [1.54, 1.807) is 30.3 Å². The SMILES string of the molecule is CCc1cccc(Nc2nc3ccc(CC(=O)N(C)c4ccc(C(C)CC(=O)O)nc4)cc3o2)c1CC. The van der Waals surface area contributed by atoms with Crippen molar-refractivity contribution in [3.63, 3.8) is 0 Å². The first-order chi connectivity index (χ1) is 17.8. The van der Waals surface area contributed by atoms with Gasteiger partial charge in [-0.15, -0.1) is 0 Å². The topological polar surface area (TPSA) is 109 Å². The molecule has 1 atom stereocenters. The molecule has 0 spiro atoms. The van der Waals surface area contributed by atoms with Crippen LogP contribution in [0.15, 0.2) is 59.1 Å². The van der Waals surface area contributed by atoms with Gasteiger partial charge in [-0.1, -0.05) is 39.0 Å². The minimum Gasteiger partial charge on any atom is -0.481 e. The van der Waals surface area contributed by atoms with E-state index < -0.39 is 5.97 Å². The van der Waals surface area contributed by atoms with E-state index in [2.05, 4.69) is 35.2 Å². The lowest BCUT2D eigenvalue weighted by atomic mass is 10.0. The van der Waals surface area contributed by atoms with Crippen LogP contribution < -0.4 is 10.2 Å². The largest absolute Gasteiger partial charge is 0.481 e. The number of carboxylic acid groups (broad SMARTS) is 1. The Bertz CT molecular complexity index is 1410. The number of carbonyl (C=O) groups is 2. The van der Waals surface area contributed by atoms with Crippen molar-refractivity contribution in [1.29, 1.82) is 0 Å². The van der Waals surface area contributed by atoms with Gasteiger partial charge >= 0.3 is 5.97 Å². The zero-order chi connectivity index (χ0) is 26.5. The first kappa shape index (κ1) is 25.9. The summed E-state index contributed by atoms with van der Waals surface area (Å²) < 4.78 is 5.98. The lowest BCUT2D eigenvalue weighted by Gasteiger charge is -2.18. The van der Waals surface area contributed by atoms with E-state index in [-0.39, 0.29) is 24.7 Å². The monoisotopic (exact) mass is 500 g/mol. The number of pyridine rings is 1. The fourth-order valence-electron chi connectivity index (χ4n) is 4.44. The van der Waals surface area contributed by atoms with Crippen LogP contribution in [-0.2, 0) is 28.9 Å². The molecule has 0 bridgehead atoms. The van der Waals surface area contributed by atoms with Gasteiger partial charge in [-0.25, -0.2) is 0 Å². The number of oxazole rings is 1. The van der Waals surface area contributed by atoms with Crippen LogP contribution in [0.3, 0.4) is 0 Å². The quantitative estimate of drug-likeness (QED) is 0.280. The fraction of sp³-hybridized carbons (Fsp3) is 0.310. The molecule has 8 heteroatoms. The molecule has 1 unspecified atom stereocenters. The van der Waals surface area contributed by atoms with E-state index in [0.29, 0.717) is 28.5 Å². The molecular weight excluding hydrogens is 468 g/mol. The molecular formula is C29H32N4O4. The highest BCUT2D eigenvalue weighted by Crippen LogP contribution is 2.28. The van der Waals surface area contributed by atoms with E-state index in [1.807, 2.05) is 37.3 Å². The van der Waals surface area contributed by atoms with Gasteiger partial charge in [-0.3, -0.25) is 14.6 Å². The average Bonchev–Trinajstić information content (AvgIpc) is 3.29. The summed E-state index contributed by atoms with van der Waals surface area (Å²) in [6.45, 7) is 6.10. The second-order valence-corrected chi connectivity index (χ2v) is 9.17. The molecule has 0 aliphatic heterocycles. The standard InChI is InChI=1S/C29H32N4O4/c1-5-20-8-7-9-24(22(20)6-2)31-29-32-25-12-10-19(15-26(25)37-29)16-27(34)33(4)21-11-13-23(30-17-21)18(3)14-28(35)36/h7-13,15,17-18H,5-6,14,16H2,1-4H3,(H,31,32)(H,35,36). The van der Waals surface area contributed by atoms with Gasteiger partial charge in [-0.2, -0.15) is 4.98 Å². The summed E-state index contributed by atoms with van der Waals surface area (Å²) in [6.07, 6.45) is 3.66. The van der Waals surface area contributed by atoms with E-state index >= 15 is 0 Å². The fourth-order valence-corrected chi connectivity index (χ4v) is 4.44. The minimum absolute atomic E-state index is 0.00730. The van der Waals surface area contributed by atoms with Gasteiger partial charge in [0.15, 0.2) is 5.58 Å². The molecule has 0 aliphatic rings. The van der Waals surface area contributed by atoms with E-state index in [9.17, 15) is 9.59 Å². The second-order valence-electron chi connectivity index (χ2n) is 9.17. The van der Waals surface area contributed by atoms with Crippen LogP contribution in [0.2, 0.25) is 0 Å². The summed E-state index contributed by atoms with van der Waals surface area (Å²) >= 11 is 0. The number of aliphatic carboxylic acids is 1. The number of hydrogen-bond donors (Lipinski definition) is 2. The molecule has 2 aromatic carbocycles. The molecule has 8 nitrogen and oxygen atoms in total. The molecule has 2 aromatic heterocycles. The summed E-state index contributed by atoms with van der Waals surface area (Å²) in [5.74, 6) is -1.17. The molecule has 0 saturated heterocycles. The van der Waals surface area contributed by atoms with Crippen molar-refractivity contribution >= 4 is 40.4 Å². The maximum absolute atomic E-state index is 13.0. The third-order valence-electron chi connectivity index (χ3n) is 6.58. The van der Waals surface area contributed by atoms with Crippen LogP contribution in [0.25, 0.3) is 11.1 Å². The Hall–Kier alpha value is -4.20. The maximum Gasteiger partial charge on any atom is 0.304 e. The zero-order valence-electron chi connectivity index (χ0n) is 21.6. The van der Waals surface area contributed by atoms with Crippen LogP contribution in [-0.4, -0.2) is 34.0 Å². The molecule has 2 heterocycles. The van der Waals surface area contributed by atoms with E-state index in [1.165, 1.54) is 11.1 Å². The number of nitrogens with one attached hydrogen (secondary N) is 1. The molecule has 4 rings (SSSR count). The third-order valence-corrected chi connectivity index (χ3v) is 6.58. The van der Waals surface area contributed by atoms with Crippen molar-refractivity contribution in [2.45, 2.75) is 52.4 Å². The molecule has 4 aromatic rings. The van der Waals surface area contributed by atoms with Crippen molar-refractivity contribution in [1.82, 2.24) is 9.97 Å². The van der Waals surface area contributed by atoms with Gasteiger partial charge in [-0.05, 0) is 59.9 Å². The molecule has 37 heavy (non-hydrogen) atoms. The summed E-state index contributed by atoms with van der Waals surface area (Å²) in [6, 6.07) is 15.8. The number of carbonyl (C=O) groups excluding carboxylic acids is 1. The highest BCUT2D eigenvalue weighted by atomic mass is 16.4. The molecule has 0 aliphatic carbocycles. The van der Waals surface area contributed by atoms with E-state index in [0.717, 1.165) is 24.1 Å². The number of amides is 1. The van der Waals surface area contributed by atoms with Crippen LogP contribution in [0.4, 0.5) is 17.4 Å².